The first kappa shape index (κ1) is 20.2. The molecule has 0 aliphatic carbocycles. The number of ether oxygens (including phenoxy) is 2. The van der Waals surface area contributed by atoms with E-state index in [1.54, 1.807) is 6.92 Å². The highest BCUT2D eigenvalue weighted by Gasteiger charge is 2.20. The number of methoxy groups -OCH3 is 1. The molecule has 1 amide bonds. The van der Waals surface area contributed by atoms with E-state index in [4.69, 9.17) is 9.47 Å². The molecular formula is C18H18NO7S-. The zero-order valence-corrected chi connectivity index (χ0v) is 15.8. The molecule has 0 saturated heterocycles. The summed E-state index contributed by atoms with van der Waals surface area (Å²) in [4.78, 5) is 23.9. The lowest BCUT2D eigenvalue weighted by Gasteiger charge is -2.17. The minimum atomic E-state index is -3.66. The summed E-state index contributed by atoms with van der Waals surface area (Å²) < 4.78 is 34.2. The van der Waals surface area contributed by atoms with Crippen molar-refractivity contribution >= 4 is 27.4 Å². The second kappa shape index (κ2) is 8.09. The van der Waals surface area contributed by atoms with Crippen molar-refractivity contribution in [3.63, 3.8) is 0 Å². The van der Waals surface area contributed by atoms with Gasteiger partial charge in [-0.15, -0.1) is 0 Å². The molecule has 8 nitrogen and oxygen atoms in total. The van der Waals surface area contributed by atoms with E-state index in [1.807, 2.05) is 0 Å². The first-order valence-corrected chi connectivity index (χ1v) is 9.74. The van der Waals surface area contributed by atoms with Crippen LogP contribution in [0.1, 0.15) is 27.6 Å². The van der Waals surface area contributed by atoms with Crippen molar-refractivity contribution in [2.24, 2.45) is 0 Å². The number of amides is 1. The molecular weight excluding hydrogens is 374 g/mol. The van der Waals surface area contributed by atoms with Gasteiger partial charge in [-0.2, -0.15) is 0 Å². The molecule has 0 aliphatic rings. The van der Waals surface area contributed by atoms with Crippen molar-refractivity contribution in [3.8, 4) is 11.5 Å². The molecule has 0 heterocycles. The van der Waals surface area contributed by atoms with Crippen LogP contribution >= 0.6 is 0 Å². The second-order valence-electron chi connectivity index (χ2n) is 5.49. The third-order valence-electron chi connectivity index (χ3n) is 3.60. The fraction of sp³-hybridized carbons (Fsp3) is 0.222. The quantitative estimate of drug-likeness (QED) is 0.749. The SMILES string of the molecule is CCOc1cc(C(=O)[O-])c(NC(=O)c2ccccc2S(C)(=O)=O)cc1OC. The maximum atomic E-state index is 12.6. The van der Waals surface area contributed by atoms with Gasteiger partial charge in [-0.1, -0.05) is 12.1 Å². The minimum Gasteiger partial charge on any atom is -0.545 e. The Morgan fingerprint density at radius 1 is 1.11 bits per heavy atom. The standard InChI is InChI=1S/C18H19NO7S/c1-4-26-15-9-12(18(21)22)13(10-14(15)25-2)19-17(20)11-7-5-6-8-16(11)27(3,23)24/h5-10H,4H2,1-3H3,(H,19,20)(H,21,22)/p-1. The Hall–Kier alpha value is -3.07. The van der Waals surface area contributed by atoms with E-state index in [0.717, 1.165) is 6.26 Å². The molecule has 1 N–H and O–H groups in total. The van der Waals surface area contributed by atoms with Crippen LogP contribution in [-0.2, 0) is 9.84 Å². The number of carboxylic acid groups (broad SMARTS) is 1. The van der Waals surface area contributed by atoms with Crippen LogP contribution in [0, 0.1) is 0 Å². The lowest BCUT2D eigenvalue weighted by Crippen LogP contribution is -2.25. The van der Waals surface area contributed by atoms with E-state index in [-0.39, 0.29) is 39.8 Å². The van der Waals surface area contributed by atoms with Crippen LogP contribution in [0.4, 0.5) is 5.69 Å². The van der Waals surface area contributed by atoms with Gasteiger partial charge in [0.2, 0.25) is 0 Å². The van der Waals surface area contributed by atoms with Crippen LogP contribution in [0.25, 0.3) is 0 Å². The topological polar surface area (TPSA) is 122 Å². The van der Waals surface area contributed by atoms with Gasteiger partial charge in [0.05, 0.1) is 35.8 Å². The number of benzene rings is 2. The second-order valence-corrected chi connectivity index (χ2v) is 7.48. The third-order valence-corrected chi connectivity index (χ3v) is 4.76. The van der Waals surface area contributed by atoms with Gasteiger partial charge in [0.15, 0.2) is 21.3 Å². The Bertz CT molecular complexity index is 983. The number of nitrogens with one attached hydrogen (secondary N) is 1. The monoisotopic (exact) mass is 392 g/mol. The maximum Gasteiger partial charge on any atom is 0.257 e. The molecule has 0 atom stereocenters. The first-order chi connectivity index (χ1) is 12.7. The van der Waals surface area contributed by atoms with Gasteiger partial charge in [0.1, 0.15) is 0 Å². The number of carboxylic acids is 1. The Morgan fingerprint density at radius 2 is 1.78 bits per heavy atom. The van der Waals surface area contributed by atoms with Gasteiger partial charge in [-0.05, 0) is 25.1 Å². The van der Waals surface area contributed by atoms with E-state index in [2.05, 4.69) is 5.32 Å². The van der Waals surface area contributed by atoms with Crippen molar-refractivity contribution in [3.05, 3.63) is 47.5 Å². The number of hydrogen-bond donors (Lipinski definition) is 1. The van der Waals surface area contributed by atoms with Crippen molar-refractivity contribution in [2.75, 3.05) is 25.3 Å². The summed E-state index contributed by atoms with van der Waals surface area (Å²) in [6.45, 7) is 1.99. The number of carbonyl (C=O) groups is 2. The van der Waals surface area contributed by atoms with Crippen LogP contribution in [0.15, 0.2) is 41.3 Å². The Morgan fingerprint density at radius 3 is 2.33 bits per heavy atom. The summed E-state index contributed by atoms with van der Waals surface area (Å²) >= 11 is 0. The predicted molar refractivity (Wildman–Crippen MR) is 96.0 cm³/mol. The zero-order valence-electron chi connectivity index (χ0n) is 14.9. The summed E-state index contributed by atoms with van der Waals surface area (Å²) in [5.74, 6) is -1.95. The van der Waals surface area contributed by atoms with Gasteiger partial charge < -0.3 is 24.7 Å². The van der Waals surface area contributed by atoms with Crippen LogP contribution in [0.3, 0.4) is 0 Å². The molecule has 2 rings (SSSR count). The van der Waals surface area contributed by atoms with Crippen molar-refractivity contribution in [1.82, 2.24) is 0 Å². The lowest BCUT2D eigenvalue weighted by atomic mass is 10.1. The largest absolute Gasteiger partial charge is 0.545 e. The molecule has 0 aromatic heterocycles. The third kappa shape index (κ3) is 4.56. The molecule has 0 aliphatic heterocycles. The van der Waals surface area contributed by atoms with Crippen molar-refractivity contribution < 1.29 is 32.6 Å². The number of aromatic carboxylic acids is 1. The number of anilines is 1. The predicted octanol–water partition coefficient (Wildman–Crippen LogP) is 1.11. The van der Waals surface area contributed by atoms with E-state index in [9.17, 15) is 23.1 Å². The van der Waals surface area contributed by atoms with Crippen LogP contribution < -0.4 is 19.9 Å². The fourth-order valence-electron chi connectivity index (χ4n) is 2.43. The van der Waals surface area contributed by atoms with E-state index >= 15 is 0 Å². The molecule has 2 aromatic rings. The molecule has 2 aromatic carbocycles. The van der Waals surface area contributed by atoms with Gasteiger partial charge in [0.25, 0.3) is 5.91 Å². The number of hydrogen-bond acceptors (Lipinski definition) is 7. The summed E-state index contributed by atoms with van der Waals surface area (Å²) in [6.07, 6.45) is 0.978. The molecule has 9 heteroatoms. The summed E-state index contributed by atoms with van der Waals surface area (Å²) in [6, 6.07) is 8.06. The highest BCUT2D eigenvalue weighted by Crippen LogP contribution is 2.34. The van der Waals surface area contributed by atoms with E-state index in [0.29, 0.717) is 0 Å². The highest BCUT2D eigenvalue weighted by molar-refractivity contribution is 7.90. The molecule has 27 heavy (non-hydrogen) atoms. The van der Waals surface area contributed by atoms with Gasteiger partial charge in [-0.25, -0.2) is 8.42 Å². The van der Waals surface area contributed by atoms with Crippen molar-refractivity contribution in [2.45, 2.75) is 11.8 Å². The Balaban J connectivity index is 2.51. The zero-order chi connectivity index (χ0) is 20.2. The van der Waals surface area contributed by atoms with Crippen LogP contribution in [-0.4, -0.2) is 40.3 Å². The number of sulfone groups is 1. The Labute approximate surface area is 156 Å². The number of rotatable bonds is 7. The molecule has 0 fully saturated rings. The van der Waals surface area contributed by atoms with E-state index < -0.39 is 21.7 Å². The molecule has 0 saturated carbocycles. The Kier molecular flexibility index (Phi) is 6.06. The number of carbonyl (C=O) groups excluding carboxylic acids is 2. The lowest BCUT2D eigenvalue weighted by molar-refractivity contribution is -0.254. The molecule has 0 unspecified atom stereocenters. The average Bonchev–Trinajstić information content (AvgIpc) is 2.61. The summed E-state index contributed by atoms with van der Waals surface area (Å²) in [7, 11) is -2.30. The maximum absolute atomic E-state index is 12.6. The van der Waals surface area contributed by atoms with Crippen LogP contribution in [0.2, 0.25) is 0 Å². The van der Waals surface area contributed by atoms with Gasteiger partial charge in [0, 0.05) is 17.9 Å². The first-order valence-electron chi connectivity index (χ1n) is 7.85. The van der Waals surface area contributed by atoms with Crippen LogP contribution in [0.5, 0.6) is 11.5 Å². The van der Waals surface area contributed by atoms with Crippen molar-refractivity contribution in [1.29, 1.82) is 0 Å². The molecule has 144 valence electrons. The summed E-state index contributed by atoms with van der Waals surface area (Å²) in [5.41, 5.74) is -0.551. The van der Waals surface area contributed by atoms with E-state index in [1.165, 1.54) is 43.5 Å². The molecule has 0 spiro atoms. The molecule has 0 radical (unpaired) electrons. The summed E-state index contributed by atoms with van der Waals surface area (Å²) in [5, 5.41) is 13.9. The smallest absolute Gasteiger partial charge is 0.257 e. The average molecular weight is 392 g/mol. The van der Waals surface area contributed by atoms with Gasteiger partial charge >= 0.3 is 0 Å². The fourth-order valence-corrected chi connectivity index (χ4v) is 3.31. The van der Waals surface area contributed by atoms with Gasteiger partial charge in [-0.3, -0.25) is 4.79 Å². The highest BCUT2D eigenvalue weighted by atomic mass is 32.2. The normalized spacial score (nSPS) is 10.9. The molecule has 0 bridgehead atoms. The minimum absolute atomic E-state index is 0.108.